The number of carbonyl (C=O) groups excluding carboxylic acids is 1. The molecule has 0 saturated heterocycles. The Kier molecular flexibility index (Phi) is 5.20. The number of carbonyl (C=O) groups is 1. The molecule has 0 unspecified atom stereocenters. The van der Waals surface area contributed by atoms with Gasteiger partial charge in [-0.3, -0.25) is 4.79 Å². The van der Waals surface area contributed by atoms with Crippen LogP contribution in [0.4, 0.5) is 23.2 Å². The van der Waals surface area contributed by atoms with Gasteiger partial charge in [0.25, 0.3) is 0 Å². The second-order valence-corrected chi connectivity index (χ2v) is 5.49. The zero-order valence-electron chi connectivity index (χ0n) is 11.5. The van der Waals surface area contributed by atoms with Crippen molar-refractivity contribution in [3.8, 4) is 0 Å². The predicted molar refractivity (Wildman–Crippen MR) is 83.2 cm³/mol. The van der Waals surface area contributed by atoms with Crippen LogP contribution in [0.5, 0.6) is 0 Å². The van der Waals surface area contributed by atoms with Crippen LogP contribution in [-0.2, 0) is 11.0 Å². The lowest BCUT2D eigenvalue weighted by Gasteiger charge is -2.07. The molecule has 0 fully saturated rings. The monoisotopic (exact) mass is 387 g/mol. The van der Waals surface area contributed by atoms with Gasteiger partial charge in [-0.05, 0) is 42.0 Å². The Morgan fingerprint density at radius 2 is 1.87 bits per heavy atom. The fraction of sp³-hybridized carbons (Fsp3) is 0.0625. The molecule has 23 heavy (non-hydrogen) atoms. The van der Waals surface area contributed by atoms with Gasteiger partial charge >= 0.3 is 6.18 Å². The molecular formula is C16H10BrF4NO. The zero-order chi connectivity index (χ0) is 17.0. The van der Waals surface area contributed by atoms with Gasteiger partial charge in [-0.2, -0.15) is 13.2 Å². The summed E-state index contributed by atoms with van der Waals surface area (Å²) in [7, 11) is 0. The summed E-state index contributed by atoms with van der Waals surface area (Å²) in [5.41, 5.74) is -0.614. The summed E-state index contributed by atoms with van der Waals surface area (Å²) in [5.74, 6) is -1.27. The van der Waals surface area contributed by atoms with Crippen LogP contribution >= 0.6 is 15.9 Å². The van der Waals surface area contributed by atoms with E-state index >= 15 is 0 Å². The van der Waals surface area contributed by atoms with Crippen molar-refractivity contribution in [2.75, 3.05) is 5.32 Å². The van der Waals surface area contributed by atoms with E-state index in [1.165, 1.54) is 30.3 Å². The molecule has 0 aliphatic carbocycles. The van der Waals surface area contributed by atoms with E-state index in [1.54, 1.807) is 6.07 Å². The van der Waals surface area contributed by atoms with Crippen molar-refractivity contribution < 1.29 is 22.4 Å². The first-order chi connectivity index (χ1) is 10.8. The van der Waals surface area contributed by atoms with Gasteiger partial charge in [0.2, 0.25) is 5.91 Å². The van der Waals surface area contributed by atoms with Gasteiger partial charge in [-0.1, -0.05) is 28.1 Å². The van der Waals surface area contributed by atoms with Crippen LogP contribution in [0.1, 0.15) is 11.1 Å². The third-order valence-corrected chi connectivity index (χ3v) is 3.32. The van der Waals surface area contributed by atoms with Crippen molar-refractivity contribution >= 4 is 33.6 Å². The third kappa shape index (κ3) is 4.92. The molecule has 2 aromatic rings. The summed E-state index contributed by atoms with van der Waals surface area (Å²) in [6.45, 7) is 0. The molecule has 0 radical (unpaired) electrons. The van der Waals surface area contributed by atoms with Crippen LogP contribution in [0.25, 0.3) is 6.08 Å². The average Bonchev–Trinajstić information content (AvgIpc) is 2.47. The van der Waals surface area contributed by atoms with Crippen molar-refractivity contribution in [3.63, 3.8) is 0 Å². The van der Waals surface area contributed by atoms with Crippen LogP contribution in [0.2, 0.25) is 0 Å². The summed E-state index contributed by atoms with van der Waals surface area (Å²) >= 11 is 3.09. The second-order valence-electron chi connectivity index (χ2n) is 4.57. The van der Waals surface area contributed by atoms with Crippen LogP contribution in [-0.4, -0.2) is 5.91 Å². The first-order valence-corrected chi connectivity index (χ1v) is 7.16. The minimum Gasteiger partial charge on any atom is -0.320 e. The van der Waals surface area contributed by atoms with E-state index in [0.717, 1.165) is 18.2 Å². The largest absolute Gasteiger partial charge is 0.416 e. The van der Waals surface area contributed by atoms with E-state index < -0.39 is 23.5 Å². The summed E-state index contributed by atoms with van der Waals surface area (Å²) in [4.78, 5) is 11.7. The maximum Gasteiger partial charge on any atom is 0.416 e. The van der Waals surface area contributed by atoms with Gasteiger partial charge in [-0.15, -0.1) is 0 Å². The van der Waals surface area contributed by atoms with E-state index in [-0.39, 0.29) is 11.3 Å². The number of rotatable bonds is 3. The zero-order valence-corrected chi connectivity index (χ0v) is 13.1. The Bertz CT molecular complexity index is 756. The van der Waals surface area contributed by atoms with E-state index in [4.69, 9.17) is 0 Å². The summed E-state index contributed by atoms with van der Waals surface area (Å²) in [6.07, 6.45) is -2.19. The molecule has 2 nitrogen and oxygen atoms in total. The number of halogens is 5. The Labute approximate surface area is 137 Å². The molecule has 0 aromatic heterocycles. The first-order valence-electron chi connectivity index (χ1n) is 6.37. The van der Waals surface area contributed by atoms with Crippen molar-refractivity contribution in [1.82, 2.24) is 0 Å². The van der Waals surface area contributed by atoms with Crippen LogP contribution in [0, 0.1) is 5.82 Å². The molecule has 0 saturated carbocycles. The molecule has 2 rings (SSSR count). The summed E-state index contributed by atoms with van der Waals surface area (Å²) < 4.78 is 51.8. The SMILES string of the molecule is O=C(/C=C/c1cccc(C(F)(F)F)c1)Nc1ccc(Br)cc1F. The summed E-state index contributed by atoms with van der Waals surface area (Å²) in [5, 5.41) is 2.31. The lowest BCUT2D eigenvalue weighted by molar-refractivity contribution is -0.137. The standard InChI is InChI=1S/C16H10BrF4NO/c17-12-5-6-14(13(18)9-12)22-15(23)7-4-10-2-1-3-11(8-10)16(19,20)21/h1-9H,(H,22,23)/b7-4+. The summed E-state index contributed by atoms with van der Waals surface area (Å²) in [6, 6.07) is 8.64. The van der Waals surface area contributed by atoms with Gasteiger partial charge in [0.15, 0.2) is 0 Å². The molecule has 0 aliphatic heterocycles. The molecular weight excluding hydrogens is 378 g/mol. The number of hydrogen-bond donors (Lipinski definition) is 1. The number of anilines is 1. The maximum atomic E-state index is 13.6. The number of alkyl halides is 3. The fourth-order valence-electron chi connectivity index (χ4n) is 1.76. The topological polar surface area (TPSA) is 29.1 Å². The minimum absolute atomic E-state index is 0.0214. The lowest BCUT2D eigenvalue weighted by atomic mass is 10.1. The molecule has 0 aliphatic rings. The first kappa shape index (κ1) is 17.2. The number of benzene rings is 2. The third-order valence-electron chi connectivity index (χ3n) is 2.83. The molecule has 1 N–H and O–H groups in total. The number of hydrogen-bond acceptors (Lipinski definition) is 1. The van der Waals surface area contributed by atoms with Crippen LogP contribution in [0.15, 0.2) is 53.0 Å². The highest BCUT2D eigenvalue weighted by atomic mass is 79.9. The number of nitrogens with one attached hydrogen (secondary N) is 1. The quantitative estimate of drug-likeness (QED) is 0.564. The van der Waals surface area contributed by atoms with Gasteiger partial charge < -0.3 is 5.32 Å². The molecule has 2 aromatic carbocycles. The molecule has 120 valence electrons. The molecule has 0 spiro atoms. The maximum absolute atomic E-state index is 13.6. The van der Waals surface area contributed by atoms with E-state index in [9.17, 15) is 22.4 Å². The van der Waals surface area contributed by atoms with Crippen molar-refractivity contribution in [1.29, 1.82) is 0 Å². The molecule has 7 heteroatoms. The fourth-order valence-corrected chi connectivity index (χ4v) is 2.09. The van der Waals surface area contributed by atoms with E-state index in [0.29, 0.717) is 4.47 Å². The predicted octanol–water partition coefficient (Wildman–Crippen LogP) is 5.26. The Morgan fingerprint density at radius 1 is 1.13 bits per heavy atom. The van der Waals surface area contributed by atoms with Gasteiger partial charge in [0, 0.05) is 10.5 Å². The highest BCUT2D eigenvalue weighted by Gasteiger charge is 2.30. The average molecular weight is 388 g/mol. The molecule has 1 amide bonds. The Hall–Kier alpha value is -2.15. The smallest absolute Gasteiger partial charge is 0.320 e. The normalized spacial score (nSPS) is 11.7. The number of amides is 1. The van der Waals surface area contributed by atoms with Gasteiger partial charge in [0.05, 0.1) is 11.3 Å². The molecule has 0 atom stereocenters. The molecule has 0 bridgehead atoms. The lowest BCUT2D eigenvalue weighted by Crippen LogP contribution is -2.09. The van der Waals surface area contributed by atoms with Crippen LogP contribution < -0.4 is 5.32 Å². The van der Waals surface area contributed by atoms with E-state index in [2.05, 4.69) is 21.2 Å². The minimum atomic E-state index is -4.45. The van der Waals surface area contributed by atoms with Crippen molar-refractivity contribution in [2.45, 2.75) is 6.18 Å². The van der Waals surface area contributed by atoms with Crippen LogP contribution in [0.3, 0.4) is 0 Å². The highest BCUT2D eigenvalue weighted by Crippen LogP contribution is 2.29. The Balaban J connectivity index is 2.09. The van der Waals surface area contributed by atoms with Crippen molar-refractivity contribution in [3.05, 3.63) is 70.0 Å². The highest BCUT2D eigenvalue weighted by molar-refractivity contribution is 9.10. The molecule has 0 heterocycles. The second kappa shape index (κ2) is 6.95. The van der Waals surface area contributed by atoms with E-state index in [1.807, 2.05) is 0 Å². The Morgan fingerprint density at radius 3 is 2.52 bits per heavy atom. The van der Waals surface area contributed by atoms with Gasteiger partial charge in [-0.25, -0.2) is 4.39 Å². The van der Waals surface area contributed by atoms with Gasteiger partial charge in [0.1, 0.15) is 5.82 Å². The van der Waals surface area contributed by atoms with Crippen molar-refractivity contribution in [2.24, 2.45) is 0 Å².